The minimum atomic E-state index is -0.201. The number of aromatic nitrogens is 2. The van der Waals surface area contributed by atoms with Crippen LogP contribution in [0.4, 0.5) is 0 Å². The standard InChI is InChI=1S/C54H48N2S2/c1-53(2,55-45-17-9-5-13-37(45)38-14-6-10-18-46(38)55)35-23-27-51-43(31-35)41-29-33(21-25-49(41)57-51)34-22-26-50-42(30-34)44-32-36(24-28-52(44)58-50)54(3,4)56-47-19-11-7-15-39(47)40-16-8-12-20-48(40)56/h9-12,17-32H,5-8,13-16H2,1-4H3. The first kappa shape index (κ1) is 34.8. The lowest BCUT2D eigenvalue weighted by Gasteiger charge is -2.32. The minimum Gasteiger partial charge on any atom is -0.331 e. The van der Waals surface area contributed by atoms with E-state index in [0.717, 1.165) is 51.4 Å². The first-order valence-corrected chi connectivity index (χ1v) is 23.0. The van der Waals surface area contributed by atoms with E-state index in [1.165, 1.54) is 85.4 Å². The molecule has 4 aromatic heterocycles. The number of hydrogen-bond donors (Lipinski definition) is 0. The fourth-order valence-electron chi connectivity index (χ4n) is 11.1. The lowest BCUT2D eigenvalue weighted by atomic mass is 9.90. The molecule has 0 saturated carbocycles. The van der Waals surface area contributed by atoms with Crippen molar-refractivity contribution in [3.63, 3.8) is 0 Å². The molecule has 0 radical (unpaired) electrons. The molecular weight excluding hydrogens is 741 g/mol. The summed E-state index contributed by atoms with van der Waals surface area (Å²) in [4.78, 5) is 0. The first-order chi connectivity index (χ1) is 28.3. The Hall–Kier alpha value is -5.16. The summed E-state index contributed by atoms with van der Waals surface area (Å²) in [7, 11) is 0. The summed E-state index contributed by atoms with van der Waals surface area (Å²) in [6.45, 7) is 9.67. The Kier molecular flexibility index (Phi) is 7.61. The monoisotopic (exact) mass is 788 g/mol. The van der Waals surface area contributed by atoms with E-state index in [9.17, 15) is 0 Å². The van der Waals surface area contributed by atoms with Crippen molar-refractivity contribution in [3.8, 4) is 11.1 Å². The highest BCUT2D eigenvalue weighted by Crippen LogP contribution is 2.45. The summed E-state index contributed by atoms with van der Waals surface area (Å²) in [5.74, 6) is 0. The van der Waals surface area contributed by atoms with Crippen LogP contribution in [0.5, 0.6) is 0 Å². The first-order valence-electron chi connectivity index (χ1n) is 21.4. The largest absolute Gasteiger partial charge is 0.331 e. The zero-order valence-electron chi connectivity index (χ0n) is 33.9. The zero-order chi connectivity index (χ0) is 38.9. The van der Waals surface area contributed by atoms with Gasteiger partial charge in [-0.1, -0.05) is 48.6 Å². The third-order valence-corrected chi connectivity index (χ3v) is 16.4. The maximum absolute atomic E-state index is 2.64. The third kappa shape index (κ3) is 5.01. The molecule has 4 heterocycles. The van der Waals surface area contributed by atoms with Gasteiger partial charge in [0.25, 0.3) is 0 Å². The van der Waals surface area contributed by atoms with E-state index in [-0.39, 0.29) is 11.1 Å². The Labute approximate surface area is 349 Å². The van der Waals surface area contributed by atoms with Crippen LogP contribution in [0.1, 0.15) is 110 Å². The molecule has 0 atom stereocenters. The van der Waals surface area contributed by atoms with Crippen molar-refractivity contribution in [3.05, 3.63) is 153 Å². The smallest absolute Gasteiger partial charge is 0.0646 e. The summed E-state index contributed by atoms with van der Waals surface area (Å²) in [6.07, 6.45) is 28.2. The molecular formula is C54H48N2S2. The zero-order valence-corrected chi connectivity index (χ0v) is 35.5. The van der Waals surface area contributed by atoms with Gasteiger partial charge in [0.1, 0.15) is 0 Å². The Morgan fingerprint density at radius 1 is 0.397 bits per heavy atom. The van der Waals surface area contributed by atoms with Crippen LogP contribution in [0.25, 0.3) is 75.8 Å². The molecule has 2 nitrogen and oxygen atoms in total. The van der Waals surface area contributed by atoms with Crippen molar-refractivity contribution >= 4 is 87.3 Å². The van der Waals surface area contributed by atoms with Crippen LogP contribution in [0.15, 0.2) is 97.1 Å². The Balaban J connectivity index is 0.952. The van der Waals surface area contributed by atoms with Crippen LogP contribution in [0, 0.1) is 0 Å². The Morgan fingerprint density at radius 2 is 0.707 bits per heavy atom. The Bertz CT molecular complexity index is 2880. The minimum absolute atomic E-state index is 0.201. The fourth-order valence-corrected chi connectivity index (χ4v) is 13.2. The molecule has 0 N–H and O–H groups in total. The number of hydrogen-bond acceptors (Lipinski definition) is 2. The number of allylic oxidation sites excluding steroid dienone is 4. The molecule has 12 rings (SSSR count). The van der Waals surface area contributed by atoms with Crippen LogP contribution in [-0.2, 0) is 36.8 Å². The van der Waals surface area contributed by atoms with Crippen LogP contribution in [0.3, 0.4) is 0 Å². The fraction of sp³-hybridized carbons (Fsp3) is 0.259. The molecule has 0 aliphatic heterocycles. The van der Waals surface area contributed by atoms with E-state index in [0.29, 0.717) is 0 Å². The summed E-state index contributed by atoms with van der Waals surface area (Å²) in [5, 5.41) is 5.43. The van der Waals surface area contributed by atoms with Gasteiger partial charge in [0.2, 0.25) is 0 Å². The molecule has 58 heavy (non-hydrogen) atoms. The number of rotatable bonds is 5. The number of fused-ring (bicyclic) bond motifs is 12. The summed E-state index contributed by atoms with van der Waals surface area (Å²) < 4.78 is 10.7. The molecule has 0 fully saturated rings. The van der Waals surface area contributed by atoms with Gasteiger partial charge in [-0.25, -0.2) is 0 Å². The predicted octanol–water partition coefficient (Wildman–Crippen LogP) is 15.1. The highest BCUT2D eigenvalue weighted by atomic mass is 32.1. The highest BCUT2D eigenvalue weighted by Gasteiger charge is 2.34. The molecule has 4 aromatic carbocycles. The second-order valence-electron chi connectivity index (χ2n) is 18.1. The number of thiophene rings is 2. The average Bonchev–Trinajstić information content (AvgIpc) is 4.00. The van der Waals surface area contributed by atoms with Gasteiger partial charge < -0.3 is 9.13 Å². The predicted molar refractivity (Wildman–Crippen MR) is 253 cm³/mol. The van der Waals surface area contributed by atoms with Gasteiger partial charge in [0, 0.05) is 63.1 Å². The quantitative estimate of drug-likeness (QED) is 0.164. The molecule has 0 spiro atoms. The van der Waals surface area contributed by atoms with E-state index < -0.39 is 0 Å². The maximum atomic E-state index is 2.64. The second kappa shape index (κ2) is 12.7. The lowest BCUT2D eigenvalue weighted by molar-refractivity contribution is 0.431. The topological polar surface area (TPSA) is 9.86 Å². The van der Waals surface area contributed by atoms with E-state index >= 15 is 0 Å². The van der Waals surface area contributed by atoms with Gasteiger partial charge in [0.05, 0.1) is 11.1 Å². The van der Waals surface area contributed by atoms with Gasteiger partial charge in [-0.15, -0.1) is 22.7 Å². The molecule has 4 heteroatoms. The number of benzene rings is 4. The van der Waals surface area contributed by atoms with Crippen molar-refractivity contribution in [1.29, 1.82) is 0 Å². The van der Waals surface area contributed by atoms with E-state index in [1.54, 1.807) is 22.3 Å². The third-order valence-electron chi connectivity index (χ3n) is 14.1. The van der Waals surface area contributed by atoms with Crippen molar-refractivity contribution in [2.24, 2.45) is 0 Å². The van der Waals surface area contributed by atoms with Crippen LogP contribution in [0.2, 0.25) is 0 Å². The normalized spacial score (nSPS) is 16.1. The van der Waals surface area contributed by atoms with Gasteiger partial charge in [-0.05, 0) is 196 Å². The summed E-state index contributed by atoms with van der Waals surface area (Å²) in [5.41, 5.74) is 16.8. The molecule has 0 bridgehead atoms. The summed E-state index contributed by atoms with van der Waals surface area (Å²) >= 11 is 3.83. The van der Waals surface area contributed by atoms with Crippen molar-refractivity contribution in [1.82, 2.24) is 9.13 Å². The number of nitrogens with zero attached hydrogens (tertiary/aromatic N) is 2. The average molecular weight is 789 g/mol. The van der Waals surface area contributed by atoms with Crippen LogP contribution < -0.4 is 0 Å². The van der Waals surface area contributed by atoms with Gasteiger partial charge in [-0.2, -0.15) is 0 Å². The maximum Gasteiger partial charge on any atom is 0.0646 e. The second-order valence-corrected chi connectivity index (χ2v) is 20.2. The summed E-state index contributed by atoms with van der Waals surface area (Å²) in [6, 6.07) is 28.8. The molecule has 0 unspecified atom stereocenters. The molecule has 8 aromatic rings. The van der Waals surface area contributed by atoms with Crippen molar-refractivity contribution < 1.29 is 0 Å². The Morgan fingerprint density at radius 3 is 1.05 bits per heavy atom. The van der Waals surface area contributed by atoms with E-state index in [4.69, 9.17) is 0 Å². The lowest BCUT2D eigenvalue weighted by Crippen LogP contribution is -2.30. The van der Waals surface area contributed by atoms with Crippen LogP contribution >= 0.6 is 22.7 Å². The highest BCUT2D eigenvalue weighted by molar-refractivity contribution is 7.26. The van der Waals surface area contributed by atoms with Gasteiger partial charge >= 0.3 is 0 Å². The molecule has 0 amide bonds. The van der Waals surface area contributed by atoms with Crippen molar-refractivity contribution in [2.75, 3.05) is 0 Å². The van der Waals surface area contributed by atoms with Gasteiger partial charge in [-0.3, -0.25) is 0 Å². The molecule has 4 aliphatic rings. The SMILES string of the molecule is CC(C)(c1ccc2sc3ccc(-c4ccc5sc6ccc(C(C)(C)n7c8c(c9c7C=CCC9)CCC=C8)cc6c5c4)cc3c2c1)n1c2c(c3c1C=CCC3)CCC=C2. The molecule has 286 valence electrons. The van der Waals surface area contributed by atoms with E-state index in [1.807, 2.05) is 22.7 Å². The van der Waals surface area contributed by atoms with Crippen LogP contribution in [-0.4, -0.2) is 9.13 Å². The van der Waals surface area contributed by atoms with E-state index in [2.05, 4.69) is 158 Å². The van der Waals surface area contributed by atoms with Gasteiger partial charge in [0.15, 0.2) is 0 Å². The molecule has 4 aliphatic carbocycles. The van der Waals surface area contributed by atoms with Crippen molar-refractivity contribution in [2.45, 2.75) is 90.1 Å². The molecule has 0 saturated heterocycles.